The first-order valence-corrected chi connectivity index (χ1v) is 14.8. The number of aliphatic imine (C=N–C) groups is 1. The predicted octanol–water partition coefficient (Wildman–Crippen LogP) is 8.43. The van der Waals surface area contributed by atoms with Crippen molar-refractivity contribution >= 4 is 40.0 Å². The number of aryl methyl sites for hydroxylation is 1. The summed E-state index contributed by atoms with van der Waals surface area (Å²) in [6.07, 6.45) is 5.68. The number of hydrogen-bond acceptors (Lipinski definition) is 8. The van der Waals surface area contributed by atoms with E-state index in [1.807, 2.05) is 66.7 Å². The highest BCUT2D eigenvalue weighted by atomic mass is 32.2. The highest BCUT2D eigenvalue weighted by molar-refractivity contribution is 7.99. The summed E-state index contributed by atoms with van der Waals surface area (Å²) in [6, 6.07) is 28.8. The normalized spacial score (nSPS) is 12.7. The summed E-state index contributed by atoms with van der Waals surface area (Å²) < 4.78 is 0. The minimum absolute atomic E-state index is 0.0556. The summed E-state index contributed by atoms with van der Waals surface area (Å²) in [5.74, 6) is 0. The summed E-state index contributed by atoms with van der Waals surface area (Å²) in [5, 5.41) is 22.9. The van der Waals surface area contributed by atoms with Crippen LogP contribution in [0.4, 0.5) is 10.7 Å². The van der Waals surface area contributed by atoms with Crippen LogP contribution in [0.3, 0.4) is 0 Å². The summed E-state index contributed by atoms with van der Waals surface area (Å²) in [7, 11) is 0. The first-order chi connectivity index (χ1) is 20.1. The van der Waals surface area contributed by atoms with Gasteiger partial charge in [0.2, 0.25) is 0 Å². The van der Waals surface area contributed by atoms with Gasteiger partial charge < -0.3 is 0 Å². The van der Waals surface area contributed by atoms with Crippen LogP contribution < -0.4 is 0 Å². The highest BCUT2D eigenvalue weighted by Gasteiger charge is 2.21. The Morgan fingerprint density at radius 1 is 0.927 bits per heavy atom. The molecule has 3 aromatic carbocycles. The van der Waals surface area contributed by atoms with Crippen molar-refractivity contribution in [2.75, 3.05) is 0 Å². The second kappa shape index (κ2) is 11.8. The van der Waals surface area contributed by atoms with Gasteiger partial charge in [-0.3, -0.25) is 10.1 Å². The highest BCUT2D eigenvalue weighted by Crippen LogP contribution is 2.40. The van der Waals surface area contributed by atoms with E-state index < -0.39 is 4.92 Å². The van der Waals surface area contributed by atoms with Gasteiger partial charge in [0.1, 0.15) is 11.1 Å². The Labute approximate surface area is 245 Å². The molecular formula is C32H23N5O2S2. The topological polar surface area (TPSA) is 105 Å². The zero-order valence-electron chi connectivity index (χ0n) is 21.9. The molecule has 41 heavy (non-hydrogen) atoms. The van der Waals surface area contributed by atoms with Crippen molar-refractivity contribution in [1.82, 2.24) is 9.97 Å². The van der Waals surface area contributed by atoms with Gasteiger partial charge in [-0.05, 0) is 60.7 Å². The van der Waals surface area contributed by atoms with Crippen molar-refractivity contribution < 1.29 is 4.92 Å². The molecule has 0 radical (unpaired) electrons. The van der Waals surface area contributed by atoms with Gasteiger partial charge in [0.15, 0.2) is 5.16 Å². The summed E-state index contributed by atoms with van der Waals surface area (Å²) in [5.41, 5.74) is 5.61. The maximum atomic E-state index is 12.1. The summed E-state index contributed by atoms with van der Waals surface area (Å²) in [4.78, 5) is 27.4. The lowest BCUT2D eigenvalue weighted by Crippen LogP contribution is -1.99. The Morgan fingerprint density at radius 2 is 1.59 bits per heavy atom. The van der Waals surface area contributed by atoms with E-state index in [1.165, 1.54) is 10.9 Å². The van der Waals surface area contributed by atoms with Gasteiger partial charge in [-0.2, -0.15) is 5.26 Å². The van der Waals surface area contributed by atoms with Gasteiger partial charge in [0, 0.05) is 28.3 Å². The minimum atomic E-state index is -0.399. The molecule has 0 unspecified atom stereocenters. The predicted molar refractivity (Wildman–Crippen MR) is 163 cm³/mol. The van der Waals surface area contributed by atoms with Crippen LogP contribution in [0, 0.1) is 21.4 Å². The van der Waals surface area contributed by atoms with Crippen molar-refractivity contribution in [2.24, 2.45) is 4.99 Å². The molecule has 0 amide bonds. The molecule has 1 aliphatic rings. The SMILES string of the molecule is N#Cc1c(N=Cc2ccc(Sc3nc(-c4ccccc4)cc(-c4ccccc4)n3)c([N+](=O)[O-])c2)sc2c1CCCC2. The fourth-order valence-corrected chi connectivity index (χ4v) is 6.86. The average Bonchev–Trinajstić information content (AvgIpc) is 3.38. The third kappa shape index (κ3) is 5.80. The zero-order chi connectivity index (χ0) is 28.2. The Kier molecular flexibility index (Phi) is 7.67. The van der Waals surface area contributed by atoms with Crippen LogP contribution in [0.25, 0.3) is 22.5 Å². The second-order valence-electron chi connectivity index (χ2n) is 9.50. The van der Waals surface area contributed by atoms with Crippen LogP contribution in [0.1, 0.15) is 34.4 Å². The third-order valence-electron chi connectivity index (χ3n) is 6.82. The van der Waals surface area contributed by atoms with Gasteiger partial charge in [0.25, 0.3) is 5.69 Å². The van der Waals surface area contributed by atoms with Crippen molar-refractivity contribution in [3.63, 3.8) is 0 Å². The Balaban J connectivity index is 1.34. The number of aromatic nitrogens is 2. The average molecular weight is 574 g/mol. The number of fused-ring (bicyclic) bond motifs is 1. The zero-order valence-corrected chi connectivity index (χ0v) is 23.5. The molecule has 0 atom stereocenters. The van der Waals surface area contributed by atoms with Crippen LogP contribution in [0.15, 0.2) is 100.0 Å². The van der Waals surface area contributed by atoms with Crippen LogP contribution in [0.5, 0.6) is 0 Å². The molecular weight excluding hydrogens is 551 g/mol. The van der Waals surface area contributed by atoms with Gasteiger partial charge in [-0.1, -0.05) is 66.7 Å². The van der Waals surface area contributed by atoms with Crippen LogP contribution >= 0.6 is 23.1 Å². The van der Waals surface area contributed by atoms with Gasteiger partial charge >= 0.3 is 0 Å². The number of nitro benzene ring substituents is 1. The largest absolute Gasteiger partial charge is 0.283 e. The molecule has 0 aliphatic heterocycles. The standard InChI is InChI=1S/C32H23N5O2S2/c33-19-25-24-13-7-8-14-29(24)40-31(25)34-20-21-15-16-30(28(17-21)37(38)39)41-32-35-26(22-9-3-1-4-10-22)18-27(36-32)23-11-5-2-6-12-23/h1-6,9-12,15-18,20H,7-8,13-14H2. The lowest BCUT2D eigenvalue weighted by atomic mass is 9.96. The lowest BCUT2D eigenvalue weighted by Gasteiger charge is -2.09. The summed E-state index contributed by atoms with van der Waals surface area (Å²) in [6.45, 7) is 0. The van der Waals surface area contributed by atoms with Crippen molar-refractivity contribution in [3.8, 4) is 28.6 Å². The maximum Gasteiger partial charge on any atom is 0.283 e. The first-order valence-electron chi connectivity index (χ1n) is 13.1. The maximum absolute atomic E-state index is 12.1. The first kappa shape index (κ1) is 26.6. The second-order valence-corrected chi connectivity index (χ2v) is 11.6. The molecule has 6 rings (SSSR count). The van der Waals surface area contributed by atoms with Crippen molar-refractivity contribution in [2.45, 2.75) is 35.7 Å². The molecule has 2 heterocycles. The number of thiophene rings is 1. The monoisotopic (exact) mass is 573 g/mol. The van der Waals surface area contributed by atoms with E-state index >= 15 is 0 Å². The van der Waals surface area contributed by atoms with Crippen molar-refractivity contribution in [1.29, 1.82) is 5.26 Å². The van der Waals surface area contributed by atoms with Gasteiger partial charge in [0.05, 0.1) is 26.8 Å². The number of nitriles is 1. The molecule has 0 bridgehead atoms. The smallest absolute Gasteiger partial charge is 0.258 e. The van der Waals surface area contributed by atoms with E-state index in [0.717, 1.165) is 65.5 Å². The molecule has 2 aromatic heterocycles. The quantitative estimate of drug-likeness (QED) is 0.0837. The Morgan fingerprint density at radius 3 is 2.22 bits per heavy atom. The minimum Gasteiger partial charge on any atom is -0.258 e. The van der Waals surface area contributed by atoms with E-state index in [1.54, 1.807) is 29.7 Å². The lowest BCUT2D eigenvalue weighted by molar-refractivity contribution is -0.387. The molecule has 5 aromatic rings. The van der Waals surface area contributed by atoms with E-state index in [4.69, 9.17) is 9.97 Å². The van der Waals surface area contributed by atoms with Gasteiger partial charge in [-0.15, -0.1) is 11.3 Å². The van der Waals surface area contributed by atoms with E-state index in [0.29, 0.717) is 26.2 Å². The number of hydrogen-bond donors (Lipinski definition) is 0. The number of nitrogens with zero attached hydrogens (tertiary/aromatic N) is 5. The molecule has 0 fully saturated rings. The molecule has 0 saturated heterocycles. The van der Waals surface area contributed by atoms with Crippen LogP contribution in [-0.2, 0) is 12.8 Å². The summed E-state index contributed by atoms with van der Waals surface area (Å²) >= 11 is 2.70. The fourth-order valence-electron chi connectivity index (χ4n) is 4.82. The van der Waals surface area contributed by atoms with E-state index in [2.05, 4.69) is 11.1 Å². The van der Waals surface area contributed by atoms with Crippen LogP contribution in [0.2, 0.25) is 0 Å². The molecule has 0 saturated carbocycles. The number of benzene rings is 3. The van der Waals surface area contributed by atoms with E-state index in [9.17, 15) is 15.4 Å². The number of nitro groups is 1. The third-order valence-corrected chi connectivity index (χ3v) is 8.95. The van der Waals surface area contributed by atoms with Crippen LogP contribution in [-0.4, -0.2) is 21.1 Å². The fraction of sp³-hybridized carbons (Fsp3) is 0.125. The molecule has 1 aliphatic carbocycles. The van der Waals surface area contributed by atoms with Gasteiger partial charge in [-0.25, -0.2) is 15.0 Å². The Bertz CT molecular complexity index is 1750. The Hall–Kier alpha value is -4.65. The molecule has 7 nitrogen and oxygen atoms in total. The molecule has 0 N–H and O–H groups in total. The van der Waals surface area contributed by atoms with Crippen molar-refractivity contribution in [3.05, 3.63) is 117 Å². The van der Waals surface area contributed by atoms with E-state index in [-0.39, 0.29) is 5.69 Å². The number of rotatable bonds is 7. The molecule has 9 heteroatoms. The molecule has 200 valence electrons. The molecule has 0 spiro atoms.